The van der Waals surface area contributed by atoms with Crippen molar-refractivity contribution in [1.82, 2.24) is 13.6 Å². The van der Waals surface area contributed by atoms with Crippen LogP contribution in [0.5, 0.6) is 0 Å². The largest absolute Gasteiger partial charge is 0.445 e. The third-order valence-corrected chi connectivity index (χ3v) is 7.52. The second-order valence-electron chi connectivity index (χ2n) is 8.07. The lowest BCUT2D eigenvalue weighted by molar-refractivity contribution is -0.0286. The second-order valence-corrected chi connectivity index (χ2v) is 10.2. The van der Waals surface area contributed by atoms with Crippen LogP contribution in [0.1, 0.15) is 31.5 Å². The molecule has 0 atom stereocenters. The average Bonchev–Trinajstić information content (AvgIpc) is 3.12. The van der Waals surface area contributed by atoms with Gasteiger partial charge in [-0.3, -0.25) is 5.32 Å². The fourth-order valence-electron chi connectivity index (χ4n) is 4.10. The standard InChI is InChI=1S/C19H23FN4O5S.H2/c1-23(2)30(26,27)24-10-19(11-24)6-13(7-19)16-4-3-14(5-17(16)20)22-18(25)28-9-15-8-21-12-29-15;/h3-5,8,12-13H,6-7,9-11H2,1-2H3,(H,22,25);1H. The predicted molar refractivity (Wildman–Crippen MR) is 107 cm³/mol. The number of carbonyl (C=O) groups is 1. The first-order valence-corrected chi connectivity index (χ1v) is 10.9. The highest BCUT2D eigenvalue weighted by Gasteiger charge is 2.56. The molecular weight excluding hydrogens is 415 g/mol. The molecule has 1 saturated heterocycles. The van der Waals surface area contributed by atoms with Gasteiger partial charge in [-0.15, -0.1) is 0 Å². The van der Waals surface area contributed by atoms with Crippen molar-refractivity contribution in [2.45, 2.75) is 25.4 Å². The van der Waals surface area contributed by atoms with E-state index in [0.29, 0.717) is 30.1 Å². The minimum Gasteiger partial charge on any atom is -0.445 e. The molecule has 30 heavy (non-hydrogen) atoms. The van der Waals surface area contributed by atoms with Gasteiger partial charge in [-0.2, -0.15) is 17.0 Å². The topological polar surface area (TPSA) is 105 Å². The molecule has 1 spiro atoms. The molecule has 1 aliphatic carbocycles. The van der Waals surface area contributed by atoms with Crippen LogP contribution in [0.4, 0.5) is 14.9 Å². The Bertz CT molecular complexity index is 1030. The molecule has 2 aliphatic rings. The van der Waals surface area contributed by atoms with E-state index >= 15 is 0 Å². The van der Waals surface area contributed by atoms with E-state index in [9.17, 15) is 17.6 Å². The fourth-order valence-corrected chi connectivity index (χ4v) is 5.44. The number of halogens is 1. The van der Waals surface area contributed by atoms with Gasteiger partial charge in [0, 0.05) is 34.3 Å². The van der Waals surface area contributed by atoms with Crippen molar-refractivity contribution in [1.29, 1.82) is 0 Å². The summed E-state index contributed by atoms with van der Waals surface area (Å²) in [6.45, 7) is 0.877. The van der Waals surface area contributed by atoms with Crippen molar-refractivity contribution >= 4 is 22.0 Å². The van der Waals surface area contributed by atoms with Crippen LogP contribution in [0.15, 0.2) is 35.2 Å². The average molecular weight is 440 g/mol. The summed E-state index contributed by atoms with van der Waals surface area (Å²) in [6.07, 6.45) is 3.44. The molecule has 9 nitrogen and oxygen atoms in total. The highest BCUT2D eigenvalue weighted by Crippen LogP contribution is 2.57. The van der Waals surface area contributed by atoms with Crippen LogP contribution in [0.25, 0.3) is 0 Å². The number of amides is 1. The summed E-state index contributed by atoms with van der Waals surface area (Å²) in [7, 11) is -0.357. The Balaban J connectivity index is 0.00000272. The van der Waals surface area contributed by atoms with Gasteiger partial charge >= 0.3 is 6.09 Å². The normalized spacial score (nSPS) is 18.8. The number of hydrogen-bond acceptors (Lipinski definition) is 6. The summed E-state index contributed by atoms with van der Waals surface area (Å²) >= 11 is 0. The molecule has 1 saturated carbocycles. The van der Waals surface area contributed by atoms with E-state index in [1.165, 1.54) is 41.4 Å². The van der Waals surface area contributed by atoms with Crippen LogP contribution in [-0.2, 0) is 21.6 Å². The molecule has 1 aromatic heterocycles. The SMILES string of the molecule is CN(C)S(=O)(=O)N1CC2(CC(c3ccc(NC(=O)OCc4cnco4)cc3F)C2)C1.[HH]. The van der Waals surface area contributed by atoms with Gasteiger partial charge in [0.25, 0.3) is 10.2 Å². The molecular formula is C19H25FN4O5S. The number of ether oxygens (including phenoxy) is 1. The molecule has 1 aliphatic heterocycles. The first-order chi connectivity index (χ1) is 14.2. The maximum Gasteiger partial charge on any atom is 0.412 e. The van der Waals surface area contributed by atoms with E-state index in [-0.39, 0.29) is 19.4 Å². The maximum absolute atomic E-state index is 14.6. The van der Waals surface area contributed by atoms with Crippen molar-refractivity contribution in [3.63, 3.8) is 0 Å². The Morgan fingerprint density at radius 1 is 1.43 bits per heavy atom. The second kappa shape index (κ2) is 7.64. The minimum absolute atomic E-state index is 0. The Morgan fingerprint density at radius 2 is 2.17 bits per heavy atom. The van der Waals surface area contributed by atoms with Crippen molar-refractivity contribution in [3.05, 3.63) is 47.9 Å². The molecule has 4 rings (SSSR count). The molecule has 2 fully saturated rings. The Morgan fingerprint density at radius 3 is 2.77 bits per heavy atom. The summed E-state index contributed by atoms with van der Waals surface area (Å²) in [5.74, 6) is 0.0418. The molecule has 2 aromatic rings. The Labute approximate surface area is 175 Å². The third-order valence-electron chi connectivity index (χ3n) is 5.69. The molecule has 11 heteroatoms. The lowest BCUT2D eigenvalue weighted by Gasteiger charge is -2.58. The van der Waals surface area contributed by atoms with Gasteiger partial charge in [-0.1, -0.05) is 6.07 Å². The van der Waals surface area contributed by atoms with E-state index < -0.39 is 22.1 Å². The van der Waals surface area contributed by atoms with Gasteiger partial charge in [0.1, 0.15) is 5.82 Å². The third kappa shape index (κ3) is 3.92. The highest BCUT2D eigenvalue weighted by atomic mass is 32.2. The number of benzene rings is 1. The summed E-state index contributed by atoms with van der Waals surface area (Å²) < 4.78 is 51.5. The van der Waals surface area contributed by atoms with Gasteiger partial charge in [0.15, 0.2) is 18.8 Å². The molecule has 0 bridgehead atoms. The number of aromatic nitrogens is 1. The zero-order valence-electron chi connectivity index (χ0n) is 16.7. The Kier molecular flexibility index (Phi) is 5.28. The number of anilines is 1. The molecule has 0 unspecified atom stereocenters. The van der Waals surface area contributed by atoms with Gasteiger partial charge in [0.05, 0.1) is 6.20 Å². The summed E-state index contributed by atoms with van der Waals surface area (Å²) in [5, 5.41) is 2.48. The molecule has 1 aromatic carbocycles. The van der Waals surface area contributed by atoms with Crippen molar-refractivity contribution in [2.75, 3.05) is 32.5 Å². The smallest absolute Gasteiger partial charge is 0.412 e. The predicted octanol–water partition coefficient (Wildman–Crippen LogP) is 2.79. The molecule has 164 valence electrons. The minimum atomic E-state index is -3.38. The van der Waals surface area contributed by atoms with Crippen LogP contribution >= 0.6 is 0 Å². The zero-order valence-corrected chi connectivity index (χ0v) is 17.5. The maximum atomic E-state index is 14.6. The monoisotopic (exact) mass is 440 g/mol. The lowest BCUT2D eigenvalue weighted by Crippen LogP contribution is -2.64. The summed E-state index contributed by atoms with van der Waals surface area (Å²) in [6, 6.07) is 4.55. The van der Waals surface area contributed by atoms with Crippen molar-refractivity contribution in [2.24, 2.45) is 5.41 Å². The summed E-state index contributed by atoms with van der Waals surface area (Å²) in [5.41, 5.74) is 0.816. The molecule has 2 heterocycles. The lowest BCUT2D eigenvalue weighted by atomic mass is 9.57. The first-order valence-electron chi connectivity index (χ1n) is 9.47. The number of oxazole rings is 1. The van der Waals surface area contributed by atoms with Crippen LogP contribution < -0.4 is 5.32 Å². The molecule has 1 N–H and O–H groups in total. The van der Waals surface area contributed by atoms with E-state index in [2.05, 4.69) is 10.3 Å². The first kappa shape index (κ1) is 20.8. The van der Waals surface area contributed by atoms with Gasteiger partial charge < -0.3 is 9.15 Å². The number of hydrogen-bond donors (Lipinski definition) is 1. The van der Waals surface area contributed by atoms with Crippen LogP contribution in [-0.4, -0.2) is 55.3 Å². The van der Waals surface area contributed by atoms with E-state index in [0.717, 1.165) is 12.8 Å². The van der Waals surface area contributed by atoms with Crippen LogP contribution in [0.3, 0.4) is 0 Å². The zero-order chi connectivity index (χ0) is 21.5. The Hall–Kier alpha value is -2.50. The highest BCUT2D eigenvalue weighted by molar-refractivity contribution is 7.86. The number of rotatable bonds is 6. The molecule has 1 amide bonds. The van der Waals surface area contributed by atoms with E-state index in [1.54, 1.807) is 12.1 Å². The number of nitrogens with zero attached hydrogens (tertiary/aromatic N) is 3. The van der Waals surface area contributed by atoms with Gasteiger partial charge in [-0.25, -0.2) is 14.2 Å². The van der Waals surface area contributed by atoms with Gasteiger partial charge in [-0.05, 0) is 41.9 Å². The summed E-state index contributed by atoms with van der Waals surface area (Å²) in [4.78, 5) is 15.5. The molecule has 0 radical (unpaired) electrons. The van der Waals surface area contributed by atoms with Crippen molar-refractivity contribution < 1.29 is 28.2 Å². The van der Waals surface area contributed by atoms with Crippen molar-refractivity contribution in [3.8, 4) is 0 Å². The van der Waals surface area contributed by atoms with E-state index in [1.807, 2.05) is 0 Å². The number of nitrogens with one attached hydrogen (secondary N) is 1. The van der Waals surface area contributed by atoms with Crippen LogP contribution in [0.2, 0.25) is 0 Å². The van der Waals surface area contributed by atoms with Gasteiger partial charge in [0.2, 0.25) is 0 Å². The quantitative estimate of drug-likeness (QED) is 0.741. The number of carbonyl (C=O) groups excluding carboxylic acids is 1. The van der Waals surface area contributed by atoms with E-state index in [4.69, 9.17) is 9.15 Å². The fraction of sp³-hybridized carbons (Fsp3) is 0.474. The van der Waals surface area contributed by atoms with Crippen LogP contribution in [0, 0.1) is 11.2 Å².